The van der Waals surface area contributed by atoms with Crippen LogP contribution in [0.5, 0.6) is 0 Å². The number of rotatable bonds is 8. The molecular formula is C17H23N2O4-. The third-order valence-electron chi connectivity index (χ3n) is 3.28. The van der Waals surface area contributed by atoms with Gasteiger partial charge in [-0.25, -0.2) is 0 Å². The van der Waals surface area contributed by atoms with Crippen molar-refractivity contribution >= 4 is 17.8 Å². The summed E-state index contributed by atoms with van der Waals surface area (Å²) in [4.78, 5) is 34.8. The molecule has 0 aliphatic heterocycles. The molecule has 0 saturated carbocycles. The summed E-state index contributed by atoms with van der Waals surface area (Å²) >= 11 is 0. The fourth-order valence-electron chi connectivity index (χ4n) is 2.26. The van der Waals surface area contributed by atoms with Gasteiger partial charge in [-0.15, -0.1) is 0 Å². The highest BCUT2D eigenvalue weighted by Gasteiger charge is 2.23. The highest BCUT2D eigenvalue weighted by Crippen LogP contribution is 2.07. The molecule has 0 spiro atoms. The van der Waals surface area contributed by atoms with E-state index >= 15 is 0 Å². The lowest BCUT2D eigenvalue weighted by Crippen LogP contribution is -2.55. The number of carboxylic acid groups (broad SMARTS) is 1. The summed E-state index contributed by atoms with van der Waals surface area (Å²) in [5, 5.41) is 16.2. The maximum Gasteiger partial charge on any atom is 0.243 e. The predicted octanol–water partition coefficient (Wildman–Crippen LogP) is 0.0146. The molecule has 1 rings (SSSR count). The van der Waals surface area contributed by atoms with Gasteiger partial charge in [-0.05, 0) is 17.9 Å². The lowest BCUT2D eigenvalue weighted by molar-refractivity contribution is -0.308. The second-order valence-electron chi connectivity index (χ2n) is 5.95. The molecule has 0 bridgehead atoms. The molecule has 2 N–H and O–H groups in total. The van der Waals surface area contributed by atoms with E-state index in [-0.39, 0.29) is 24.7 Å². The van der Waals surface area contributed by atoms with E-state index in [9.17, 15) is 19.5 Å². The van der Waals surface area contributed by atoms with E-state index < -0.39 is 24.0 Å². The molecule has 2 atom stereocenters. The Morgan fingerprint density at radius 3 is 2.13 bits per heavy atom. The van der Waals surface area contributed by atoms with Gasteiger partial charge in [0.15, 0.2) is 0 Å². The van der Waals surface area contributed by atoms with Gasteiger partial charge in [0, 0.05) is 13.3 Å². The average Bonchev–Trinajstić information content (AvgIpc) is 2.45. The van der Waals surface area contributed by atoms with Crippen molar-refractivity contribution in [3.8, 4) is 0 Å². The Morgan fingerprint density at radius 1 is 1.04 bits per heavy atom. The number of carbonyl (C=O) groups excluding carboxylic acids is 3. The third-order valence-corrected chi connectivity index (χ3v) is 3.28. The number of amides is 2. The molecule has 126 valence electrons. The van der Waals surface area contributed by atoms with Crippen molar-refractivity contribution in [3.05, 3.63) is 35.9 Å². The molecule has 0 radical (unpaired) electrons. The molecule has 0 aliphatic carbocycles. The van der Waals surface area contributed by atoms with Crippen LogP contribution in [-0.4, -0.2) is 29.9 Å². The molecule has 0 aromatic heterocycles. The van der Waals surface area contributed by atoms with E-state index in [1.165, 1.54) is 6.92 Å². The molecule has 2 amide bonds. The van der Waals surface area contributed by atoms with Crippen molar-refractivity contribution in [2.24, 2.45) is 5.92 Å². The minimum absolute atomic E-state index is 0.0894. The van der Waals surface area contributed by atoms with E-state index in [1.807, 2.05) is 44.2 Å². The number of carbonyl (C=O) groups is 3. The average molecular weight is 319 g/mol. The van der Waals surface area contributed by atoms with Crippen molar-refractivity contribution in [3.63, 3.8) is 0 Å². The Kier molecular flexibility index (Phi) is 7.25. The van der Waals surface area contributed by atoms with Gasteiger partial charge in [-0.1, -0.05) is 44.2 Å². The second kappa shape index (κ2) is 8.92. The van der Waals surface area contributed by atoms with Gasteiger partial charge < -0.3 is 20.5 Å². The van der Waals surface area contributed by atoms with Crippen LogP contribution in [0.25, 0.3) is 0 Å². The van der Waals surface area contributed by atoms with Crippen molar-refractivity contribution in [1.29, 1.82) is 0 Å². The minimum atomic E-state index is -1.33. The Labute approximate surface area is 136 Å². The molecule has 6 nitrogen and oxygen atoms in total. The van der Waals surface area contributed by atoms with Crippen LogP contribution < -0.4 is 15.7 Å². The van der Waals surface area contributed by atoms with Crippen LogP contribution in [0.15, 0.2) is 30.3 Å². The normalized spacial score (nSPS) is 13.2. The number of hydrogen-bond donors (Lipinski definition) is 2. The summed E-state index contributed by atoms with van der Waals surface area (Å²) < 4.78 is 0. The molecule has 0 heterocycles. The van der Waals surface area contributed by atoms with Gasteiger partial charge in [-0.2, -0.15) is 0 Å². The molecular weight excluding hydrogens is 296 g/mol. The van der Waals surface area contributed by atoms with Crippen molar-refractivity contribution in [2.75, 3.05) is 0 Å². The molecule has 23 heavy (non-hydrogen) atoms. The van der Waals surface area contributed by atoms with Gasteiger partial charge in [0.2, 0.25) is 11.8 Å². The van der Waals surface area contributed by atoms with E-state index in [1.54, 1.807) is 0 Å². The number of carboxylic acids is 1. The zero-order valence-corrected chi connectivity index (χ0v) is 13.7. The lowest BCUT2D eigenvalue weighted by atomic mass is 10.0. The molecule has 0 saturated heterocycles. The SMILES string of the molecule is CC(=O)N[C@@H](Cc1ccccc1)C(=O)N[C@@H](CC(C)C)C(=O)[O-]. The number of nitrogens with one attached hydrogen (secondary N) is 2. The topological polar surface area (TPSA) is 98.3 Å². The predicted molar refractivity (Wildman–Crippen MR) is 84.1 cm³/mol. The van der Waals surface area contributed by atoms with Crippen LogP contribution in [-0.2, 0) is 20.8 Å². The first-order chi connectivity index (χ1) is 10.8. The van der Waals surface area contributed by atoms with Gasteiger partial charge in [0.05, 0.1) is 12.0 Å². The van der Waals surface area contributed by atoms with Crippen molar-refractivity contribution in [2.45, 2.75) is 45.7 Å². The molecule has 0 fully saturated rings. The Hall–Kier alpha value is -2.37. The summed E-state index contributed by atoms with van der Waals surface area (Å²) in [6.45, 7) is 5.03. The first kappa shape index (κ1) is 18.7. The van der Waals surface area contributed by atoms with Crippen LogP contribution in [0.4, 0.5) is 0 Å². The monoisotopic (exact) mass is 319 g/mol. The van der Waals surface area contributed by atoms with Crippen molar-refractivity contribution < 1.29 is 19.5 Å². The highest BCUT2D eigenvalue weighted by atomic mass is 16.4. The summed E-state index contributed by atoms with van der Waals surface area (Å²) in [6.07, 6.45) is 0.555. The zero-order valence-electron chi connectivity index (χ0n) is 13.7. The minimum Gasteiger partial charge on any atom is -0.548 e. The van der Waals surface area contributed by atoms with Gasteiger partial charge >= 0.3 is 0 Å². The smallest absolute Gasteiger partial charge is 0.243 e. The van der Waals surface area contributed by atoms with Gasteiger partial charge in [0.1, 0.15) is 6.04 Å². The Morgan fingerprint density at radius 2 is 1.65 bits per heavy atom. The quantitative estimate of drug-likeness (QED) is 0.705. The first-order valence-electron chi connectivity index (χ1n) is 7.61. The molecule has 6 heteroatoms. The molecule has 1 aromatic carbocycles. The van der Waals surface area contributed by atoms with E-state index in [0.717, 1.165) is 5.56 Å². The summed E-state index contributed by atoms with van der Waals surface area (Å²) in [6, 6.07) is 7.30. The fourth-order valence-corrected chi connectivity index (χ4v) is 2.26. The van der Waals surface area contributed by atoms with E-state index in [2.05, 4.69) is 10.6 Å². The maximum absolute atomic E-state index is 12.4. The fraction of sp³-hybridized carbons (Fsp3) is 0.471. The largest absolute Gasteiger partial charge is 0.548 e. The number of benzene rings is 1. The Balaban J connectivity index is 2.82. The van der Waals surface area contributed by atoms with Crippen LogP contribution in [0, 0.1) is 5.92 Å². The molecule has 0 aliphatic rings. The third kappa shape index (κ3) is 6.95. The molecule has 0 unspecified atom stereocenters. The summed E-state index contributed by atoms with van der Waals surface area (Å²) in [7, 11) is 0. The van der Waals surface area contributed by atoms with Crippen LogP contribution in [0.3, 0.4) is 0 Å². The maximum atomic E-state index is 12.4. The van der Waals surface area contributed by atoms with Gasteiger partial charge in [0.25, 0.3) is 0 Å². The second-order valence-corrected chi connectivity index (χ2v) is 5.95. The first-order valence-corrected chi connectivity index (χ1v) is 7.61. The van der Waals surface area contributed by atoms with E-state index in [0.29, 0.717) is 0 Å². The highest BCUT2D eigenvalue weighted by molar-refractivity contribution is 5.89. The van der Waals surface area contributed by atoms with Crippen molar-refractivity contribution in [1.82, 2.24) is 10.6 Å². The standard InChI is InChI=1S/C17H24N2O4/c1-11(2)9-15(17(22)23)19-16(21)14(18-12(3)20)10-13-7-5-4-6-8-13/h4-8,11,14-15H,9-10H2,1-3H3,(H,18,20)(H,19,21)(H,22,23)/p-1/t14-,15-/m0/s1. The summed E-state index contributed by atoms with van der Waals surface area (Å²) in [5.41, 5.74) is 0.871. The molecule has 1 aromatic rings. The van der Waals surface area contributed by atoms with Crippen LogP contribution >= 0.6 is 0 Å². The number of aliphatic carboxylic acids is 1. The Bertz CT molecular complexity index is 543. The summed E-state index contributed by atoms with van der Waals surface area (Å²) in [5.74, 6) is -2.12. The van der Waals surface area contributed by atoms with Crippen LogP contribution in [0.1, 0.15) is 32.8 Å². The number of hydrogen-bond acceptors (Lipinski definition) is 4. The zero-order chi connectivity index (χ0) is 17.4. The van der Waals surface area contributed by atoms with Crippen LogP contribution in [0.2, 0.25) is 0 Å². The van der Waals surface area contributed by atoms with E-state index in [4.69, 9.17) is 0 Å². The lowest BCUT2D eigenvalue weighted by Gasteiger charge is -2.25. The van der Waals surface area contributed by atoms with Gasteiger partial charge in [-0.3, -0.25) is 9.59 Å².